The molecule has 1 unspecified atom stereocenters. The van der Waals surface area contributed by atoms with Crippen LogP contribution in [0.2, 0.25) is 6.04 Å². The van der Waals surface area contributed by atoms with Crippen molar-refractivity contribution in [3.05, 3.63) is 0 Å². The van der Waals surface area contributed by atoms with E-state index in [1.165, 1.54) is 25.7 Å². The van der Waals surface area contributed by atoms with Crippen molar-refractivity contribution in [1.29, 1.82) is 0 Å². The fourth-order valence-electron chi connectivity index (χ4n) is 1.84. The molecule has 0 saturated carbocycles. The van der Waals surface area contributed by atoms with Crippen molar-refractivity contribution >= 4 is 9.28 Å². The Morgan fingerprint density at radius 1 is 1.06 bits per heavy atom. The second-order valence-electron chi connectivity index (χ2n) is 4.42. The van der Waals surface area contributed by atoms with Gasteiger partial charge in [0.1, 0.15) is 0 Å². The summed E-state index contributed by atoms with van der Waals surface area (Å²) in [7, 11) is 2.19. The minimum Gasteiger partial charge on any atom is -0.400 e. The van der Waals surface area contributed by atoms with Crippen LogP contribution in [-0.4, -0.2) is 43.0 Å². The molecule has 0 aromatic heterocycles. The van der Waals surface area contributed by atoms with Crippen molar-refractivity contribution in [2.45, 2.75) is 50.9 Å². The third kappa shape index (κ3) is 7.16. The Kier molecular flexibility index (Phi) is 8.91. The van der Waals surface area contributed by atoms with Gasteiger partial charge >= 0.3 is 9.28 Å². The van der Waals surface area contributed by atoms with Gasteiger partial charge in [-0.1, -0.05) is 25.7 Å². The topological polar surface area (TPSA) is 36.9 Å². The van der Waals surface area contributed by atoms with Crippen LogP contribution in [0.15, 0.2) is 0 Å². The first-order chi connectivity index (χ1) is 8.36. The van der Waals surface area contributed by atoms with E-state index >= 15 is 0 Å². The van der Waals surface area contributed by atoms with Gasteiger partial charge in [-0.25, -0.2) is 0 Å². The predicted octanol–water partition coefficient (Wildman–Crippen LogP) is 2.21. The van der Waals surface area contributed by atoms with Gasteiger partial charge in [0, 0.05) is 27.2 Å². The summed E-state index contributed by atoms with van der Waals surface area (Å²) < 4.78 is 21.2. The Balaban J connectivity index is 1.74. The zero-order valence-corrected chi connectivity index (χ0v) is 12.3. The van der Waals surface area contributed by atoms with Crippen LogP contribution in [0.25, 0.3) is 0 Å². The molecule has 0 radical (unpaired) electrons. The molecular formula is C12H26O4Si. The fraction of sp³-hybridized carbons (Fsp3) is 1.00. The Labute approximate surface area is 106 Å². The van der Waals surface area contributed by atoms with Crippen LogP contribution in [0.5, 0.6) is 0 Å². The van der Waals surface area contributed by atoms with Gasteiger partial charge in [-0.3, -0.25) is 0 Å². The lowest BCUT2D eigenvalue weighted by Crippen LogP contribution is -2.29. The number of rotatable bonds is 11. The van der Waals surface area contributed by atoms with Gasteiger partial charge in [-0.2, -0.15) is 0 Å². The van der Waals surface area contributed by atoms with Crippen molar-refractivity contribution in [3.63, 3.8) is 0 Å². The minimum absolute atomic E-state index is 0.102. The molecule has 1 rings (SSSR count). The average Bonchev–Trinajstić information content (AvgIpc) is 2.29. The molecular weight excluding hydrogens is 236 g/mol. The maximum Gasteiger partial charge on any atom is 0.320 e. The first-order valence-electron chi connectivity index (χ1n) is 6.65. The Hall–Kier alpha value is 0.0569. The van der Waals surface area contributed by atoms with Crippen molar-refractivity contribution in [3.8, 4) is 0 Å². The molecule has 0 aromatic rings. The predicted molar refractivity (Wildman–Crippen MR) is 69.4 cm³/mol. The minimum atomic E-state index is -1.31. The molecule has 0 spiro atoms. The Morgan fingerprint density at radius 3 is 2.29 bits per heavy atom. The highest BCUT2D eigenvalue weighted by molar-refractivity contribution is 6.44. The van der Waals surface area contributed by atoms with E-state index in [1.54, 1.807) is 14.2 Å². The summed E-state index contributed by atoms with van der Waals surface area (Å²) in [4.78, 5) is 0. The van der Waals surface area contributed by atoms with Gasteiger partial charge < -0.3 is 18.3 Å². The summed E-state index contributed by atoms with van der Waals surface area (Å²) in [6.07, 6.45) is 7.35. The molecule has 1 heterocycles. The van der Waals surface area contributed by atoms with Crippen LogP contribution < -0.4 is 0 Å². The molecule has 0 bridgehead atoms. The smallest absolute Gasteiger partial charge is 0.320 e. The van der Waals surface area contributed by atoms with E-state index in [0.717, 1.165) is 32.1 Å². The number of unbranched alkanes of at least 4 members (excludes halogenated alkanes) is 4. The zero-order valence-electron chi connectivity index (χ0n) is 11.2. The summed E-state index contributed by atoms with van der Waals surface area (Å²) in [5.74, 6) is 0. The van der Waals surface area contributed by atoms with E-state index in [2.05, 4.69) is 0 Å². The molecule has 1 saturated heterocycles. The number of ether oxygens (including phenoxy) is 2. The van der Waals surface area contributed by atoms with E-state index < -0.39 is 9.28 Å². The maximum absolute atomic E-state index is 5.50. The fourth-order valence-corrected chi connectivity index (χ4v) is 3.12. The molecule has 0 N–H and O–H groups in total. The van der Waals surface area contributed by atoms with E-state index in [-0.39, 0.29) is 6.29 Å². The van der Waals surface area contributed by atoms with Gasteiger partial charge in [0.25, 0.3) is 0 Å². The van der Waals surface area contributed by atoms with Crippen molar-refractivity contribution in [1.82, 2.24) is 0 Å². The van der Waals surface area contributed by atoms with E-state index in [4.69, 9.17) is 18.3 Å². The van der Waals surface area contributed by atoms with Gasteiger partial charge in [0.2, 0.25) is 0 Å². The molecule has 0 amide bonds. The van der Waals surface area contributed by atoms with Gasteiger partial charge in [-0.05, 0) is 12.5 Å². The SMILES string of the molecule is CO[SiH](CCCCCCCOC1CCO1)OC. The zero-order chi connectivity index (χ0) is 12.3. The molecule has 1 atom stereocenters. The molecule has 1 fully saturated rings. The highest BCUT2D eigenvalue weighted by Gasteiger charge is 2.17. The number of hydrogen-bond acceptors (Lipinski definition) is 4. The first-order valence-corrected chi connectivity index (χ1v) is 8.41. The third-order valence-corrected chi connectivity index (χ3v) is 5.00. The van der Waals surface area contributed by atoms with Gasteiger partial charge in [0.05, 0.1) is 6.61 Å². The van der Waals surface area contributed by atoms with Crippen LogP contribution in [0.1, 0.15) is 38.5 Å². The van der Waals surface area contributed by atoms with Crippen LogP contribution in [0.3, 0.4) is 0 Å². The van der Waals surface area contributed by atoms with E-state index in [0.29, 0.717) is 0 Å². The van der Waals surface area contributed by atoms with Crippen LogP contribution >= 0.6 is 0 Å². The third-order valence-electron chi connectivity index (χ3n) is 3.07. The summed E-state index contributed by atoms with van der Waals surface area (Å²) in [6, 6.07) is 1.12. The molecule has 0 aliphatic carbocycles. The quantitative estimate of drug-likeness (QED) is 0.422. The lowest BCUT2D eigenvalue weighted by atomic mass is 10.2. The molecule has 5 heteroatoms. The summed E-state index contributed by atoms with van der Waals surface area (Å²) in [6.45, 7) is 1.72. The van der Waals surface area contributed by atoms with Crippen LogP contribution in [0.4, 0.5) is 0 Å². The Bertz CT molecular complexity index is 172. The van der Waals surface area contributed by atoms with Crippen molar-refractivity contribution in [2.24, 2.45) is 0 Å². The molecule has 17 heavy (non-hydrogen) atoms. The van der Waals surface area contributed by atoms with E-state index in [9.17, 15) is 0 Å². The second-order valence-corrected chi connectivity index (χ2v) is 6.80. The summed E-state index contributed by atoms with van der Waals surface area (Å²) in [5.41, 5.74) is 0. The van der Waals surface area contributed by atoms with Crippen LogP contribution in [0, 0.1) is 0 Å². The van der Waals surface area contributed by atoms with Gasteiger partial charge in [0.15, 0.2) is 6.29 Å². The van der Waals surface area contributed by atoms with E-state index in [1.807, 2.05) is 0 Å². The second kappa shape index (κ2) is 10.0. The lowest BCUT2D eigenvalue weighted by molar-refractivity contribution is -0.214. The Morgan fingerprint density at radius 2 is 1.71 bits per heavy atom. The first kappa shape index (κ1) is 15.1. The highest BCUT2D eigenvalue weighted by atomic mass is 28.3. The van der Waals surface area contributed by atoms with Gasteiger partial charge in [-0.15, -0.1) is 0 Å². The largest absolute Gasteiger partial charge is 0.400 e. The standard InChI is InChI=1S/C12H26O4Si/c1-13-17(14-2)11-7-5-3-4-6-9-15-12-8-10-16-12/h12,17H,3-11H2,1-2H3. The maximum atomic E-state index is 5.50. The lowest BCUT2D eigenvalue weighted by Gasteiger charge is -2.26. The normalized spacial score (nSPS) is 19.6. The summed E-state index contributed by atoms with van der Waals surface area (Å²) >= 11 is 0. The monoisotopic (exact) mass is 262 g/mol. The molecule has 1 aliphatic heterocycles. The summed E-state index contributed by atoms with van der Waals surface area (Å²) in [5, 5.41) is 0. The molecule has 1 aliphatic rings. The van der Waals surface area contributed by atoms with Crippen LogP contribution in [-0.2, 0) is 18.3 Å². The molecule has 0 aromatic carbocycles. The number of hydrogen-bond donors (Lipinski definition) is 0. The molecule has 4 nitrogen and oxygen atoms in total. The average molecular weight is 262 g/mol. The van der Waals surface area contributed by atoms with Crippen molar-refractivity contribution < 1.29 is 18.3 Å². The highest BCUT2D eigenvalue weighted by Crippen LogP contribution is 2.13. The van der Waals surface area contributed by atoms with Crippen molar-refractivity contribution in [2.75, 3.05) is 27.4 Å². The molecule has 102 valence electrons.